The van der Waals surface area contributed by atoms with E-state index in [2.05, 4.69) is 5.32 Å². The first-order valence-corrected chi connectivity index (χ1v) is 6.17. The van der Waals surface area contributed by atoms with Gasteiger partial charge in [0, 0.05) is 25.1 Å². The largest absolute Gasteiger partial charge is 0.389 e. The van der Waals surface area contributed by atoms with Crippen LogP contribution in [0.3, 0.4) is 0 Å². The van der Waals surface area contributed by atoms with E-state index in [9.17, 15) is 9.90 Å². The van der Waals surface area contributed by atoms with Crippen LogP contribution < -0.4 is 5.32 Å². The Bertz CT molecular complexity index is 367. The molecule has 0 aromatic heterocycles. The minimum absolute atomic E-state index is 0.0832. The van der Waals surface area contributed by atoms with Gasteiger partial charge in [0.05, 0.1) is 12.7 Å². The van der Waals surface area contributed by atoms with Gasteiger partial charge in [0.25, 0.3) is 0 Å². The van der Waals surface area contributed by atoms with Crippen molar-refractivity contribution in [1.82, 2.24) is 5.32 Å². The molecule has 1 atom stereocenters. The monoisotopic (exact) mass is 271 g/mol. The molecule has 2 N–H and O–H groups in total. The summed E-state index contributed by atoms with van der Waals surface area (Å²) in [6.45, 7) is 0.435. The van der Waals surface area contributed by atoms with E-state index in [0.717, 1.165) is 5.56 Å². The molecule has 18 heavy (non-hydrogen) atoms. The second-order valence-electron chi connectivity index (χ2n) is 4.04. The summed E-state index contributed by atoms with van der Waals surface area (Å²) in [6.07, 6.45) is 0.388. The molecule has 0 spiro atoms. The third-order valence-electron chi connectivity index (χ3n) is 2.45. The molecule has 0 bridgehead atoms. The molecular weight excluding hydrogens is 254 g/mol. The SMILES string of the molecule is COCC(O)CNC(=O)CCc1ccc(Cl)cc1. The van der Waals surface area contributed by atoms with Gasteiger partial charge >= 0.3 is 0 Å². The van der Waals surface area contributed by atoms with Gasteiger partial charge < -0.3 is 15.2 Å². The van der Waals surface area contributed by atoms with Gasteiger partial charge in [-0.2, -0.15) is 0 Å². The number of amides is 1. The summed E-state index contributed by atoms with van der Waals surface area (Å²) in [5, 5.41) is 12.7. The Labute approximate surface area is 112 Å². The number of nitrogens with one attached hydrogen (secondary N) is 1. The molecule has 1 aromatic rings. The first-order chi connectivity index (χ1) is 8.61. The Morgan fingerprint density at radius 3 is 2.72 bits per heavy atom. The number of aryl methyl sites for hydroxylation is 1. The number of halogens is 1. The van der Waals surface area contributed by atoms with Crippen LogP contribution >= 0.6 is 11.6 Å². The third-order valence-corrected chi connectivity index (χ3v) is 2.70. The average molecular weight is 272 g/mol. The van der Waals surface area contributed by atoms with Gasteiger partial charge in [0.2, 0.25) is 5.91 Å². The third kappa shape index (κ3) is 6.00. The normalized spacial score (nSPS) is 12.2. The van der Waals surface area contributed by atoms with Crippen LogP contribution in [0.2, 0.25) is 5.02 Å². The van der Waals surface area contributed by atoms with Crippen LogP contribution in [0.4, 0.5) is 0 Å². The van der Waals surface area contributed by atoms with Gasteiger partial charge in [0.15, 0.2) is 0 Å². The van der Waals surface area contributed by atoms with E-state index in [4.69, 9.17) is 16.3 Å². The molecule has 1 aromatic carbocycles. The molecule has 0 radical (unpaired) electrons. The first-order valence-electron chi connectivity index (χ1n) is 5.80. The molecule has 0 saturated heterocycles. The molecule has 1 amide bonds. The van der Waals surface area contributed by atoms with E-state index in [1.54, 1.807) is 12.1 Å². The Kier molecular flexibility index (Phi) is 6.72. The Balaban J connectivity index is 2.22. The summed E-state index contributed by atoms with van der Waals surface area (Å²) in [5.74, 6) is -0.0832. The minimum Gasteiger partial charge on any atom is -0.389 e. The van der Waals surface area contributed by atoms with Gasteiger partial charge in [-0.05, 0) is 24.1 Å². The Hall–Kier alpha value is -1.10. The van der Waals surface area contributed by atoms with Crippen LogP contribution in [0.5, 0.6) is 0 Å². The van der Waals surface area contributed by atoms with E-state index in [1.807, 2.05) is 12.1 Å². The van der Waals surface area contributed by atoms with E-state index in [1.165, 1.54) is 7.11 Å². The molecule has 4 nitrogen and oxygen atoms in total. The van der Waals surface area contributed by atoms with E-state index >= 15 is 0 Å². The van der Waals surface area contributed by atoms with Crippen molar-refractivity contribution < 1.29 is 14.6 Å². The minimum atomic E-state index is -0.658. The fourth-order valence-corrected chi connectivity index (χ4v) is 1.61. The van der Waals surface area contributed by atoms with Crippen LogP contribution in [-0.4, -0.2) is 37.4 Å². The highest BCUT2D eigenvalue weighted by Crippen LogP contribution is 2.10. The van der Waals surface area contributed by atoms with E-state index in [-0.39, 0.29) is 19.1 Å². The topological polar surface area (TPSA) is 58.6 Å². The van der Waals surface area contributed by atoms with Crippen molar-refractivity contribution in [2.24, 2.45) is 0 Å². The number of hydrogen-bond acceptors (Lipinski definition) is 3. The van der Waals surface area contributed by atoms with Crippen molar-refractivity contribution in [2.45, 2.75) is 18.9 Å². The maximum absolute atomic E-state index is 11.5. The predicted molar refractivity (Wildman–Crippen MR) is 70.7 cm³/mol. The average Bonchev–Trinajstić information content (AvgIpc) is 2.36. The molecule has 0 aliphatic heterocycles. The number of ether oxygens (including phenoxy) is 1. The maximum atomic E-state index is 11.5. The number of carbonyl (C=O) groups excluding carboxylic acids is 1. The smallest absolute Gasteiger partial charge is 0.220 e. The number of carbonyl (C=O) groups is 1. The molecule has 1 rings (SSSR count). The Morgan fingerprint density at radius 2 is 2.11 bits per heavy atom. The van der Waals surface area contributed by atoms with Gasteiger partial charge in [-0.1, -0.05) is 23.7 Å². The summed E-state index contributed by atoms with van der Waals surface area (Å²) < 4.78 is 4.76. The zero-order valence-electron chi connectivity index (χ0n) is 10.4. The highest BCUT2D eigenvalue weighted by molar-refractivity contribution is 6.30. The van der Waals surface area contributed by atoms with Gasteiger partial charge in [-0.15, -0.1) is 0 Å². The highest BCUT2D eigenvalue weighted by atomic mass is 35.5. The lowest BCUT2D eigenvalue weighted by Crippen LogP contribution is -2.34. The van der Waals surface area contributed by atoms with E-state index < -0.39 is 6.10 Å². The van der Waals surface area contributed by atoms with Gasteiger partial charge in [0.1, 0.15) is 0 Å². The zero-order chi connectivity index (χ0) is 13.4. The molecule has 5 heteroatoms. The number of aliphatic hydroxyl groups excluding tert-OH is 1. The molecule has 0 aliphatic carbocycles. The van der Waals surface area contributed by atoms with Crippen LogP contribution in [0.15, 0.2) is 24.3 Å². The second-order valence-corrected chi connectivity index (χ2v) is 4.48. The summed E-state index contributed by atoms with van der Waals surface area (Å²) in [5.41, 5.74) is 1.06. The standard InChI is InChI=1S/C13H18ClNO3/c1-18-9-12(16)8-15-13(17)7-4-10-2-5-11(14)6-3-10/h2-3,5-6,12,16H,4,7-9H2,1H3,(H,15,17). The zero-order valence-corrected chi connectivity index (χ0v) is 11.1. The molecule has 0 fully saturated rings. The van der Waals surface area contributed by atoms with Crippen LogP contribution in [0.1, 0.15) is 12.0 Å². The van der Waals surface area contributed by atoms with Crippen LogP contribution in [-0.2, 0) is 16.0 Å². The second kappa shape index (κ2) is 8.08. The predicted octanol–water partition coefficient (Wildman–Crippen LogP) is 1.40. The van der Waals surface area contributed by atoms with Crippen molar-refractivity contribution in [3.05, 3.63) is 34.9 Å². The number of benzene rings is 1. The molecule has 0 saturated carbocycles. The van der Waals surface area contributed by atoms with Crippen molar-refractivity contribution in [3.8, 4) is 0 Å². The maximum Gasteiger partial charge on any atom is 0.220 e. The summed E-state index contributed by atoms with van der Waals surface area (Å²) in [7, 11) is 1.51. The number of rotatable bonds is 7. The van der Waals surface area contributed by atoms with Crippen molar-refractivity contribution in [3.63, 3.8) is 0 Å². The molecular formula is C13H18ClNO3. The van der Waals surface area contributed by atoms with Crippen LogP contribution in [0, 0.1) is 0 Å². The lowest BCUT2D eigenvalue weighted by molar-refractivity contribution is -0.121. The van der Waals surface area contributed by atoms with Crippen molar-refractivity contribution >= 4 is 17.5 Å². The Morgan fingerprint density at radius 1 is 1.44 bits per heavy atom. The first kappa shape index (κ1) is 15.0. The molecule has 0 heterocycles. The molecule has 100 valence electrons. The summed E-state index contributed by atoms with van der Waals surface area (Å²) in [4.78, 5) is 11.5. The van der Waals surface area contributed by atoms with Crippen LogP contribution in [0.25, 0.3) is 0 Å². The molecule has 1 unspecified atom stereocenters. The number of aliphatic hydroxyl groups is 1. The number of methoxy groups -OCH3 is 1. The number of hydrogen-bond donors (Lipinski definition) is 2. The molecule has 0 aliphatic rings. The fourth-order valence-electron chi connectivity index (χ4n) is 1.48. The quantitative estimate of drug-likeness (QED) is 0.788. The van der Waals surface area contributed by atoms with Gasteiger partial charge in [-0.25, -0.2) is 0 Å². The van der Waals surface area contributed by atoms with Crippen molar-refractivity contribution in [2.75, 3.05) is 20.3 Å². The van der Waals surface area contributed by atoms with E-state index in [0.29, 0.717) is 17.9 Å². The fraction of sp³-hybridized carbons (Fsp3) is 0.462. The summed E-state index contributed by atoms with van der Waals surface area (Å²) >= 11 is 5.77. The van der Waals surface area contributed by atoms with Crippen molar-refractivity contribution in [1.29, 1.82) is 0 Å². The van der Waals surface area contributed by atoms with Gasteiger partial charge in [-0.3, -0.25) is 4.79 Å². The lowest BCUT2D eigenvalue weighted by Gasteiger charge is -2.10. The summed E-state index contributed by atoms with van der Waals surface area (Å²) in [6, 6.07) is 7.40. The lowest BCUT2D eigenvalue weighted by atomic mass is 10.1. The highest BCUT2D eigenvalue weighted by Gasteiger charge is 2.06.